The van der Waals surface area contributed by atoms with Crippen molar-refractivity contribution >= 4 is 21.4 Å². The van der Waals surface area contributed by atoms with E-state index in [1.54, 1.807) is 11.3 Å². The van der Waals surface area contributed by atoms with E-state index < -0.39 is 10.0 Å². The van der Waals surface area contributed by atoms with Crippen LogP contribution in [-0.4, -0.2) is 20.7 Å². The molecular weight excluding hydrogens is 220 g/mol. The number of sulfonamides is 1. The Balaban J connectivity index is 2.33. The minimum atomic E-state index is -3.35. The summed E-state index contributed by atoms with van der Waals surface area (Å²) in [5.41, 5.74) is 0. The van der Waals surface area contributed by atoms with Crippen LogP contribution in [0.25, 0.3) is 0 Å². The van der Waals surface area contributed by atoms with Crippen LogP contribution in [0.2, 0.25) is 0 Å². The normalized spacial score (nSPS) is 14.1. The molecule has 0 saturated heterocycles. The van der Waals surface area contributed by atoms with Gasteiger partial charge in [0.25, 0.3) is 0 Å². The van der Waals surface area contributed by atoms with Gasteiger partial charge in [-0.05, 0) is 18.4 Å². The second-order valence-corrected chi connectivity index (χ2v) is 5.77. The highest BCUT2D eigenvalue weighted by atomic mass is 32.2. The Kier molecular flexibility index (Phi) is 4.06. The van der Waals surface area contributed by atoms with Crippen LogP contribution >= 0.6 is 11.3 Å². The van der Waals surface area contributed by atoms with Crippen molar-refractivity contribution < 1.29 is 8.42 Å². The van der Waals surface area contributed by atoms with Gasteiger partial charge in [-0.3, -0.25) is 0 Å². The molecular formula is C8H14N2O2S2. The molecule has 1 rings (SSSR count). The fourth-order valence-corrected chi connectivity index (χ4v) is 2.22. The lowest BCUT2D eigenvalue weighted by Crippen LogP contribution is -2.28. The van der Waals surface area contributed by atoms with Gasteiger partial charge in [0.05, 0.1) is 5.75 Å². The minimum Gasteiger partial charge on any atom is -0.308 e. The molecule has 0 radical (unpaired) electrons. The zero-order chi connectivity index (χ0) is 10.6. The lowest BCUT2D eigenvalue weighted by molar-refractivity contribution is 0.577. The lowest BCUT2D eigenvalue weighted by atomic mass is 10.3. The summed E-state index contributed by atoms with van der Waals surface area (Å²) < 4.78 is 21.3. The topological polar surface area (TPSA) is 72.2 Å². The SMILES string of the molecule is CC(NCCS(N)(=O)=O)c1cccs1. The molecule has 0 spiro atoms. The van der Waals surface area contributed by atoms with E-state index in [2.05, 4.69) is 5.32 Å². The summed E-state index contributed by atoms with van der Waals surface area (Å²) in [6.45, 7) is 2.38. The van der Waals surface area contributed by atoms with Gasteiger partial charge < -0.3 is 5.32 Å². The van der Waals surface area contributed by atoms with Crippen LogP contribution in [0.1, 0.15) is 17.8 Å². The molecule has 80 valence electrons. The summed E-state index contributed by atoms with van der Waals surface area (Å²) in [5, 5.41) is 9.96. The first kappa shape index (κ1) is 11.6. The fourth-order valence-electron chi connectivity index (χ4n) is 1.06. The third kappa shape index (κ3) is 4.19. The predicted octanol–water partition coefficient (Wildman–Crippen LogP) is 0.687. The Morgan fingerprint density at radius 2 is 2.36 bits per heavy atom. The zero-order valence-electron chi connectivity index (χ0n) is 7.93. The van der Waals surface area contributed by atoms with Crippen molar-refractivity contribution in [3.63, 3.8) is 0 Å². The van der Waals surface area contributed by atoms with Crippen molar-refractivity contribution in [2.45, 2.75) is 13.0 Å². The smallest absolute Gasteiger partial charge is 0.210 e. The number of hydrogen-bond donors (Lipinski definition) is 2. The maximum Gasteiger partial charge on any atom is 0.210 e. The first-order valence-corrected chi connectivity index (χ1v) is 6.86. The van der Waals surface area contributed by atoms with Gasteiger partial charge in [0.2, 0.25) is 10.0 Å². The molecule has 1 heterocycles. The van der Waals surface area contributed by atoms with Crippen molar-refractivity contribution in [2.75, 3.05) is 12.3 Å². The average Bonchev–Trinajstić information content (AvgIpc) is 2.53. The summed E-state index contributed by atoms with van der Waals surface area (Å²) in [7, 11) is -3.35. The van der Waals surface area contributed by atoms with E-state index in [1.807, 2.05) is 24.4 Å². The summed E-state index contributed by atoms with van der Waals surface area (Å²) in [4.78, 5) is 1.19. The molecule has 0 aromatic carbocycles. The van der Waals surface area contributed by atoms with Crippen molar-refractivity contribution in [2.24, 2.45) is 5.14 Å². The molecule has 0 aliphatic heterocycles. The Bertz CT molecular complexity index is 359. The highest BCUT2D eigenvalue weighted by Gasteiger charge is 2.07. The summed E-state index contributed by atoms with van der Waals surface area (Å²) in [5.74, 6) is -0.0251. The second-order valence-electron chi connectivity index (χ2n) is 3.06. The first-order chi connectivity index (χ1) is 6.49. The molecule has 1 aromatic rings. The Morgan fingerprint density at radius 3 is 2.86 bits per heavy atom. The molecule has 0 bridgehead atoms. The molecule has 6 heteroatoms. The number of thiophene rings is 1. The van der Waals surface area contributed by atoms with E-state index >= 15 is 0 Å². The van der Waals surface area contributed by atoms with Crippen LogP contribution in [0.3, 0.4) is 0 Å². The van der Waals surface area contributed by atoms with E-state index in [0.717, 1.165) is 0 Å². The summed E-state index contributed by atoms with van der Waals surface area (Å²) in [6.07, 6.45) is 0. The predicted molar refractivity (Wildman–Crippen MR) is 58.7 cm³/mol. The molecule has 0 aliphatic carbocycles. The van der Waals surface area contributed by atoms with Crippen LogP contribution in [0.5, 0.6) is 0 Å². The molecule has 0 amide bonds. The molecule has 4 nitrogen and oxygen atoms in total. The van der Waals surface area contributed by atoms with Crippen LogP contribution in [-0.2, 0) is 10.0 Å². The standard InChI is InChI=1S/C8H14N2O2S2/c1-7(8-3-2-5-13-8)10-4-6-14(9,11)12/h2-3,5,7,10H,4,6H2,1H3,(H2,9,11,12). The first-order valence-electron chi connectivity index (χ1n) is 4.26. The van der Waals surface area contributed by atoms with Gasteiger partial charge in [0.15, 0.2) is 0 Å². The number of rotatable bonds is 5. The van der Waals surface area contributed by atoms with Crippen LogP contribution in [0.15, 0.2) is 17.5 Å². The van der Waals surface area contributed by atoms with Crippen molar-refractivity contribution in [1.82, 2.24) is 5.32 Å². The van der Waals surface area contributed by atoms with E-state index in [0.29, 0.717) is 6.54 Å². The quantitative estimate of drug-likeness (QED) is 0.787. The number of nitrogens with two attached hydrogens (primary N) is 1. The van der Waals surface area contributed by atoms with Gasteiger partial charge >= 0.3 is 0 Å². The Hall–Kier alpha value is -0.430. The van der Waals surface area contributed by atoms with Gasteiger partial charge in [-0.1, -0.05) is 6.07 Å². The summed E-state index contributed by atoms with van der Waals surface area (Å²) in [6, 6.07) is 4.16. The molecule has 0 saturated carbocycles. The number of primary sulfonamides is 1. The maximum absolute atomic E-state index is 10.6. The molecule has 0 aliphatic rings. The monoisotopic (exact) mass is 234 g/mol. The van der Waals surface area contributed by atoms with E-state index in [9.17, 15) is 8.42 Å². The molecule has 14 heavy (non-hydrogen) atoms. The van der Waals surface area contributed by atoms with Crippen LogP contribution < -0.4 is 10.5 Å². The van der Waals surface area contributed by atoms with Crippen LogP contribution in [0.4, 0.5) is 0 Å². The molecule has 3 N–H and O–H groups in total. The van der Waals surface area contributed by atoms with E-state index in [4.69, 9.17) is 5.14 Å². The van der Waals surface area contributed by atoms with E-state index in [1.165, 1.54) is 4.88 Å². The average molecular weight is 234 g/mol. The third-order valence-corrected chi connectivity index (χ3v) is 3.64. The van der Waals surface area contributed by atoms with Gasteiger partial charge in [-0.15, -0.1) is 11.3 Å². The second kappa shape index (κ2) is 4.88. The largest absolute Gasteiger partial charge is 0.308 e. The van der Waals surface area contributed by atoms with Gasteiger partial charge in [0.1, 0.15) is 0 Å². The summed E-state index contributed by atoms with van der Waals surface area (Å²) >= 11 is 1.65. The fraction of sp³-hybridized carbons (Fsp3) is 0.500. The number of nitrogens with one attached hydrogen (secondary N) is 1. The minimum absolute atomic E-state index is 0.0251. The lowest BCUT2D eigenvalue weighted by Gasteiger charge is -2.10. The van der Waals surface area contributed by atoms with Crippen LogP contribution in [0, 0.1) is 0 Å². The van der Waals surface area contributed by atoms with Crippen molar-refractivity contribution in [1.29, 1.82) is 0 Å². The highest BCUT2D eigenvalue weighted by molar-refractivity contribution is 7.89. The molecule has 1 atom stereocenters. The van der Waals surface area contributed by atoms with E-state index in [-0.39, 0.29) is 11.8 Å². The molecule has 0 fully saturated rings. The number of hydrogen-bond acceptors (Lipinski definition) is 4. The van der Waals surface area contributed by atoms with Gasteiger partial charge in [-0.25, -0.2) is 13.6 Å². The van der Waals surface area contributed by atoms with Gasteiger partial charge in [0, 0.05) is 17.5 Å². The Labute approximate surface area is 88.2 Å². The van der Waals surface area contributed by atoms with Crippen molar-refractivity contribution in [3.8, 4) is 0 Å². The molecule has 1 aromatic heterocycles. The van der Waals surface area contributed by atoms with Gasteiger partial charge in [-0.2, -0.15) is 0 Å². The van der Waals surface area contributed by atoms with Crippen molar-refractivity contribution in [3.05, 3.63) is 22.4 Å². The molecule has 1 unspecified atom stereocenters. The third-order valence-electron chi connectivity index (χ3n) is 1.81. The Morgan fingerprint density at radius 1 is 1.64 bits per heavy atom. The highest BCUT2D eigenvalue weighted by Crippen LogP contribution is 2.17. The maximum atomic E-state index is 10.6. The zero-order valence-corrected chi connectivity index (χ0v) is 9.57.